The van der Waals surface area contributed by atoms with Crippen LogP contribution >= 0.6 is 0 Å². The minimum atomic E-state index is -0.277. The first-order chi connectivity index (χ1) is 10.6. The van der Waals surface area contributed by atoms with Crippen molar-refractivity contribution in [2.75, 3.05) is 0 Å². The van der Waals surface area contributed by atoms with Crippen molar-refractivity contribution >= 4 is 16.9 Å². The van der Waals surface area contributed by atoms with Crippen molar-refractivity contribution < 1.29 is 4.79 Å². The molecule has 6 heteroatoms. The molecule has 0 spiro atoms. The number of fused-ring (bicyclic) bond motifs is 1. The lowest BCUT2D eigenvalue weighted by atomic mass is 9.95. The SMILES string of the molecule is CCc1nn(C)c2[nH]cc(C(=O)NC3CCCCC3)c(=O)c12. The quantitative estimate of drug-likeness (QED) is 0.908. The summed E-state index contributed by atoms with van der Waals surface area (Å²) in [5.74, 6) is -0.277. The van der Waals surface area contributed by atoms with E-state index < -0.39 is 0 Å². The van der Waals surface area contributed by atoms with E-state index in [1.165, 1.54) is 12.6 Å². The Morgan fingerprint density at radius 3 is 2.82 bits per heavy atom. The Labute approximate surface area is 128 Å². The third kappa shape index (κ3) is 2.53. The van der Waals surface area contributed by atoms with Crippen LogP contribution in [0.2, 0.25) is 0 Å². The van der Waals surface area contributed by atoms with E-state index in [0.29, 0.717) is 17.5 Å². The maximum Gasteiger partial charge on any atom is 0.256 e. The standard InChI is InChI=1S/C16H22N4O2/c1-3-12-13-14(21)11(9-17-15(13)20(2)19-12)16(22)18-10-7-5-4-6-8-10/h9-10H,3-8H2,1-2H3,(H,17,21)(H,18,22). The number of carbonyl (C=O) groups excluding carboxylic acids is 1. The average molecular weight is 302 g/mol. The Balaban J connectivity index is 1.95. The number of H-pyrrole nitrogens is 1. The van der Waals surface area contributed by atoms with Gasteiger partial charge in [0.1, 0.15) is 11.2 Å². The summed E-state index contributed by atoms with van der Waals surface area (Å²) in [4.78, 5) is 28.1. The molecule has 0 radical (unpaired) electrons. The molecule has 1 fully saturated rings. The first-order valence-corrected chi connectivity index (χ1v) is 8.00. The Hall–Kier alpha value is -2.11. The highest BCUT2D eigenvalue weighted by atomic mass is 16.2. The van der Waals surface area contributed by atoms with Gasteiger partial charge in [0.25, 0.3) is 5.91 Å². The molecule has 6 nitrogen and oxygen atoms in total. The van der Waals surface area contributed by atoms with Gasteiger partial charge in [0.2, 0.25) is 5.43 Å². The summed E-state index contributed by atoms with van der Waals surface area (Å²) in [7, 11) is 1.79. The molecule has 1 aliphatic carbocycles. The highest BCUT2D eigenvalue weighted by Crippen LogP contribution is 2.18. The van der Waals surface area contributed by atoms with Crippen LogP contribution in [0.25, 0.3) is 11.0 Å². The molecule has 1 saturated carbocycles. The summed E-state index contributed by atoms with van der Waals surface area (Å²) < 4.78 is 1.65. The molecule has 1 amide bonds. The molecule has 118 valence electrons. The second kappa shape index (κ2) is 5.94. The number of aromatic nitrogens is 3. The normalized spacial score (nSPS) is 16.1. The zero-order chi connectivity index (χ0) is 15.7. The highest BCUT2D eigenvalue weighted by molar-refractivity contribution is 5.97. The average Bonchev–Trinajstić information content (AvgIpc) is 2.86. The molecule has 2 aromatic rings. The maximum absolute atomic E-state index is 12.7. The summed E-state index contributed by atoms with van der Waals surface area (Å²) in [5.41, 5.74) is 1.34. The topological polar surface area (TPSA) is 79.8 Å². The zero-order valence-corrected chi connectivity index (χ0v) is 13.1. The molecule has 0 saturated heterocycles. The maximum atomic E-state index is 12.7. The van der Waals surface area contributed by atoms with Crippen molar-refractivity contribution in [3.8, 4) is 0 Å². The number of carbonyl (C=O) groups is 1. The fourth-order valence-electron chi connectivity index (χ4n) is 3.25. The number of aromatic amines is 1. The minimum Gasteiger partial charge on any atom is -0.349 e. The molecule has 2 N–H and O–H groups in total. The molecule has 2 aromatic heterocycles. The van der Waals surface area contributed by atoms with Gasteiger partial charge in [0, 0.05) is 19.3 Å². The predicted octanol–water partition coefficient (Wildman–Crippen LogP) is 1.89. The van der Waals surface area contributed by atoms with E-state index in [-0.39, 0.29) is 22.9 Å². The van der Waals surface area contributed by atoms with Crippen LogP contribution in [0.1, 0.15) is 55.1 Å². The van der Waals surface area contributed by atoms with E-state index in [1.54, 1.807) is 11.7 Å². The van der Waals surface area contributed by atoms with Gasteiger partial charge in [0.05, 0.1) is 11.1 Å². The molecular formula is C16H22N4O2. The molecule has 0 aliphatic heterocycles. The molecule has 3 rings (SSSR count). The highest BCUT2D eigenvalue weighted by Gasteiger charge is 2.21. The van der Waals surface area contributed by atoms with Gasteiger partial charge >= 0.3 is 0 Å². The Morgan fingerprint density at radius 1 is 1.41 bits per heavy atom. The molecule has 0 bridgehead atoms. The van der Waals surface area contributed by atoms with E-state index in [2.05, 4.69) is 15.4 Å². The van der Waals surface area contributed by atoms with Crippen LogP contribution < -0.4 is 10.7 Å². The first kappa shape index (κ1) is 14.8. The van der Waals surface area contributed by atoms with E-state index in [9.17, 15) is 9.59 Å². The van der Waals surface area contributed by atoms with Crippen LogP contribution in [0.3, 0.4) is 0 Å². The third-order valence-electron chi connectivity index (χ3n) is 4.46. The Morgan fingerprint density at radius 2 is 2.14 bits per heavy atom. The van der Waals surface area contributed by atoms with Crippen LogP contribution in [0.5, 0.6) is 0 Å². The predicted molar refractivity (Wildman–Crippen MR) is 85.1 cm³/mol. The zero-order valence-electron chi connectivity index (χ0n) is 13.1. The smallest absolute Gasteiger partial charge is 0.256 e. The molecule has 1 aliphatic rings. The Bertz CT molecular complexity index is 753. The van der Waals surface area contributed by atoms with Gasteiger partial charge in [-0.1, -0.05) is 26.2 Å². The van der Waals surface area contributed by atoms with E-state index in [4.69, 9.17) is 0 Å². The summed E-state index contributed by atoms with van der Waals surface area (Å²) in [6, 6.07) is 0.191. The molecule has 0 atom stereocenters. The van der Waals surface area contributed by atoms with Crippen LogP contribution in [0, 0.1) is 0 Å². The lowest BCUT2D eigenvalue weighted by Gasteiger charge is -2.22. The van der Waals surface area contributed by atoms with Crippen molar-refractivity contribution in [3.05, 3.63) is 27.7 Å². The van der Waals surface area contributed by atoms with Gasteiger partial charge < -0.3 is 10.3 Å². The second-order valence-corrected chi connectivity index (χ2v) is 5.99. The van der Waals surface area contributed by atoms with Gasteiger partial charge in [-0.25, -0.2) is 0 Å². The van der Waals surface area contributed by atoms with Crippen LogP contribution in [-0.4, -0.2) is 26.7 Å². The number of amides is 1. The molecular weight excluding hydrogens is 280 g/mol. The van der Waals surface area contributed by atoms with Gasteiger partial charge in [-0.05, 0) is 19.3 Å². The first-order valence-electron chi connectivity index (χ1n) is 8.00. The molecule has 0 unspecified atom stereocenters. The van der Waals surface area contributed by atoms with Gasteiger partial charge in [-0.2, -0.15) is 5.10 Å². The van der Waals surface area contributed by atoms with Crippen LogP contribution in [-0.2, 0) is 13.5 Å². The number of rotatable bonds is 3. The molecule has 22 heavy (non-hydrogen) atoms. The summed E-state index contributed by atoms with van der Waals surface area (Å²) in [6.07, 6.45) is 7.68. The Kier molecular flexibility index (Phi) is 4.00. The fourth-order valence-corrected chi connectivity index (χ4v) is 3.25. The third-order valence-corrected chi connectivity index (χ3v) is 4.46. The second-order valence-electron chi connectivity index (χ2n) is 5.99. The van der Waals surface area contributed by atoms with E-state index in [0.717, 1.165) is 31.4 Å². The summed E-state index contributed by atoms with van der Waals surface area (Å²) >= 11 is 0. The lowest BCUT2D eigenvalue weighted by Crippen LogP contribution is -2.38. The monoisotopic (exact) mass is 302 g/mol. The van der Waals surface area contributed by atoms with Crippen molar-refractivity contribution in [3.63, 3.8) is 0 Å². The molecule has 2 heterocycles. The van der Waals surface area contributed by atoms with Crippen molar-refractivity contribution in [1.29, 1.82) is 0 Å². The minimum absolute atomic E-state index is 0.181. The number of hydrogen-bond donors (Lipinski definition) is 2. The van der Waals surface area contributed by atoms with Gasteiger partial charge in [-0.3, -0.25) is 14.3 Å². The largest absolute Gasteiger partial charge is 0.349 e. The van der Waals surface area contributed by atoms with E-state index in [1.807, 2.05) is 6.92 Å². The number of aryl methyl sites for hydroxylation is 2. The number of hydrogen-bond acceptors (Lipinski definition) is 3. The van der Waals surface area contributed by atoms with E-state index >= 15 is 0 Å². The van der Waals surface area contributed by atoms with Crippen molar-refractivity contribution in [2.45, 2.75) is 51.5 Å². The summed E-state index contributed by atoms with van der Waals surface area (Å²) in [6.45, 7) is 1.95. The molecule has 0 aromatic carbocycles. The van der Waals surface area contributed by atoms with Crippen molar-refractivity contribution in [1.82, 2.24) is 20.1 Å². The van der Waals surface area contributed by atoms with Gasteiger partial charge in [-0.15, -0.1) is 0 Å². The van der Waals surface area contributed by atoms with Crippen molar-refractivity contribution in [2.24, 2.45) is 7.05 Å². The van der Waals surface area contributed by atoms with Gasteiger partial charge in [0.15, 0.2) is 0 Å². The summed E-state index contributed by atoms with van der Waals surface area (Å²) in [5, 5.41) is 7.87. The van der Waals surface area contributed by atoms with Crippen LogP contribution in [0.15, 0.2) is 11.0 Å². The number of pyridine rings is 1. The fraction of sp³-hybridized carbons (Fsp3) is 0.562. The van der Waals surface area contributed by atoms with Crippen LogP contribution in [0.4, 0.5) is 0 Å². The lowest BCUT2D eigenvalue weighted by molar-refractivity contribution is 0.0926. The number of nitrogens with zero attached hydrogens (tertiary/aromatic N) is 2. The number of nitrogens with one attached hydrogen (secondary N) is 2.